The molecule has 2 fully saturated rings. The number of nitriles is 1. The van der Waals surface area contributed by atoms with Gasteiger partial charge in [-0.2, -0.15) is 5.26 Å². The van der Waals surface area contributed by atoms with Crippen molar-refractivity contribution in [1.29, 1.82) is 5.26 Å². The van der Waals surface area contributed by atoms with Crippen LogP contribution < -0.4 is 15.1 Å². The number of alkyl halides is 2. The number of halogens is 4. The molecule has 210 valence electrons. The van der Waals surface area contributed by atoms with Gasteiger partial charge in [0.15, 0.2) is 0 Å². The standard InChI is InChI=1S/C29H23ClF3N5O3/c30-23-7-2-1-6-22(23)26(37(21-12-29(32,33)13-21)20-11-18(31)15-35-16-20)28(41)36-27(40)24-8-9-25(39)38(24)19-5-3-4-17(10-19)14-34/h1-7,10-11,15-16,21,24,26H,8-9,12-13H2,(H,36,40,41). The Labute approximate surface area is 238 Å². The fraction of sp³-hybridized carbons (Fsp3) is 0.276. The molecule has 5 rings (SSSR count). The molecule has 1 aliphatic carbocycles. The Kier molecular flexibility index (Phi) is 7.69. The van der Waals surface area contributed by atoms with Crippen LogP contribution in [0.2, 0.25) is 5.02 Å². The van der Waals surface area contributed by atoms with E-state index < -0.39 is 54.5 Å². The largest absolute Gasteiger partial charge is 0.351 e. The lowest BCUT2D eigenvalue weighted by atomic mass is 9.84. The Morgan fingerprint density at radius 1 is 1.15 bits per heavy atom. The first-order chi connectivity index (χ1) is 19.6. The molecule has 2 heterocycles. The first kappa shape index (κ1) is 28.1. The summed E-state index contributed by atoms with van der Waals surface area (Å²) >= 11 is 6.45. The van der Waals surface area contributed by atoms with Crippen molar-refractivity contribution in [2.24, 2.45) is 0 Å². The van der Waals surface area contributed by atoms with E-state index in [9.17, 15) is 32.8 Å². The van der Waals surface area contributed by atoms with Crippen LogP contribution >= 0.6 is 11.6 Å². The van der Waals surface area contributed by atoms with Gasteiger partial charge < -0.3 is 4.90 Å². The number of pyridine rings is 1. The molecule has 1 aromatic heterocycles. The number of hydrogen-bond donors (Lipinski definition) is 1. The lowest BCUT2D eigenvalue weighted by molar-refractivity contribution is -0.133. The van der Waals surface area contributed by atoms with Crippen LogP contribution in [0.4, 0.5) is 24.5 Å². The zero-order chi connectivity index (χ0) is 29.3. The third-order valence-electron chi connectivity index (χ3n) is 7.19. The van der Waals surface area contributed by atoms with Crippen LogP contribution in [-0.2, 0) is 14.4 Å². The van der Waals surface area contributed by atoms with Gasteiger partial charge in [-0.3, -0.25) is 29.6 Å². The zero-order valence-corrected chi connectivity index (χ0v) is 22.2. The lowest BCUT2D eigenvalue weighted by Gasteiger charge is -2.47. The van der Waals surface area contributed by atoms with Gasteiger partial charge in [0, 0.05) is 47.6 Å². The number of carbonyl (C=O) groups is 3. The van der Waals surface area contributed by atoms with Crippen LogP contribution in [0.15, 0.2) is 67.0 Å². The number of benzene rings is 2. The summed E-state index contributed by atoms with van der Waals surface area (Å²) in [5.74, 6) is -5.78. The minimum absolute atomic E-state index is 0.0369. The second-order valence-electron chi connectivity index (χ2n) is 9.94. The Balaban J connectivity index is 1.50. The van der Waals surface area contributed by atoms with Gasteiger partial charge in [-0.1, -0.05) is 35.9 Å². The molecule has 2 unspecified atom stereocenters. The summed E-state index contributed by atoms with van der Waals surface area (Å²) < 4.78 is 42.3. The second-order valence-corrected chi connectivity index (χ2v) is 10.4. The van der Waals surface area contributed by atoms with E-state index in [1.54, 1.807) is 30.3 Å². The highest BCUT2D eigenvalue weighted by Crippen LogP contribution is 2.46. The summed E-state index contributed by atoms with van der Waals surface area (Å²) in [5.41, 5.74) is 0.878. The van der Waals surface area contributed by atoms with E-state index in [-0.39, 0.29) is 40.6 Å². The molecule has 2 atom stereocenters. The third-order valence-corrected chi connectivity index (χ3v) is 7.54. The van der Waals surface area contributed by atoms with Gasteiger partial charge in [-0.25, -0.2) is 13.2 Å². The molecule has 0 radical (unpaired) electrons. The number of hydrogen-bond acceptors (Lipinski definition) is 6. The highest BCUT2D eigenvalue weighted by molar-refractivity contribution is 6.31. The SMILES string of the molecule is N#Cc1cccc(N2C(=O)CCC2C(=O)NC(=O)C(c2ccccc2Cl)N(c2cncc(F)c2)C2CC(F)(F)C2)c1. The highest BCUT2D eigenvalue weighted by atomic mass is 35.5. The smallest absolute Gasteiger partial charge is 0.254 e. The van der Waals surface area contributed by atoms with E-state index in [1.165, 1.54) is 34.2 Å². The van der Waals surface area contributed by atoms with E-state index in [2.05, 4.69) is 10.3 Å². The maximum absolute atomic E-state index is 14.2. The molecule has 1 aliphatic heterocycles. The maximum Gasteiger partial charge on any atom is 0.254 e. The van der Waals surface area contributed by atoms with Crippen molar-refractivity contribution in [2.75, 3.05) is 9.80 Å². The van der Waals surface area contributed by atoms with Gasteiger partial charge in [0.2, 0.25) is 11.8 Å². The van der Waals surface area contributed by atoms with Crippen LogP contribution in [0.1, 0.15) is 42.9 Å². The van der Waals surface area contributed by atoms with Crippen molar-refractivity contribution in [2.45, 2.75) is 49.7 Å². The molecule has 12 heteroatoms. The zero-order valence-electron chi connectivity index (χ0n) is 21.4. The number of aromatic nitrogens is 1. The minimum Gasteiger partial charge on any atom is -0.351 e. The van der Waals surface area contributed by atoms with Crippen molar-refractivity contribution in [3.63, 3.8) is 0 Å². The van der Waals surface area contributed by atoms with Crippen LogP contribution in [0, 0.1) is 17.1 Å². The number of nitrogens with zero attached hydrogens (tertiary/aromatic N) is 4. The summed E-state index contributed by atoms with van der Waals surface area (Å²) in [6.45, 7) is 0. The molecule has 1 saturated carbocycles. The first-order valence-corrected chi connectivity index (χ1v) is 13.1. The molecule has 41 heavy (non-hydrogen) atoms. The van der Waals surface area contributed by atoms with Gasteiger partial charge in [0.25, 0.3) is 11.8 Å². The molecule has 1 saturated heterocycles. The second kappa shape index (κ2) is 11.2. The first-order valence-electron chi connectivity index (χ1n) is 12.8. The number of amides is 3. The average Bonchev–Trinajstić information content (AvgIpc) is 3.32. The molecule has 2 aliphatic rings. The van der Waals surface area contributed by atoms with Crippen molar-refractivity contribution in [3.8, 4) is 6.07 Å². The van der Waals surface area contributed by atoms with Crippen molar-refractivity contribution < 1.29 is 27.6 Å². The van der Waals surface area contributed by atoms with Gasteiger partial charge in [-0.05, 0) is 30.7 Å². The van der Waals surface area contributed by atoms with E-state index in [0.29, 0.717) is 5.69 Å². The summed E-state index contributed by atoms with van der Waals surface area (Å²) in [6, 6.07) is 12.1. The summed E-state index contributed by atoms with van der Waals surface area (Å²) in [7, 11) is 0. The number of imide groups is 1. The number of carbonyl (C=O) groups excluding carboxylic acids is 3. The number of anilines is 2. The third kappa shape index (κ3) is 5.74. The predicted molar refractivity (Wildman–Crippen MR) is 144 cm³/mol. The van der Waals surface area contributed by atoms with Gasteiger partial charge in [0.05, 0.1) is 29.7 Å². The van der Waals surface area contributed by atoms with Crippen molar-refractivity contribution in [3.05, 3.63) is 89.0 Å². The van der Waals surface area contributed by atoms with Gasteiger partial charge in [0.1, 0.15) is 17.9 Å². The quantitative estimate of drug-likeness (QED) is 0.424. The van der Waals surface area contributed by atoms with E-state index in [0.717, 1.165) is 12.3 Å². The summed E-state index contributed by atoms with van der Waals surface area (Å²) in [5, 5.41) is 11.7. The molecule has 0 spiro atoms. The van der Waals surface area contributed by atoms with Crippen LogP contribution in [-0.4, -0.2) is 40.7 Å². The Bertz CT molecular complexity index is 1550. The summed E-state index contributed by atoms with van der Waals surface area (Å²) in [6.07, 6.45) is 1.13. The van der Waals surface area contributed by atoms with Crippen molar-refractivity contribution >= 4 is 40.7 Å². The highest BCUT2D eigenvalue weighted by Gasteiger charge is 2.51. The van der Waals surface area contributed by atoms with Gasteiger partial charge >= 0.3 is 0 Å². The lowest BCUT2D eigenvalue weighted by Crippen LogP contribution is -2.56. The molecular formula is C29H23ClF3N5O3. The fourth-order valence-electron chi connectivity index (χ4n) is 5.31. The molecule has 0 bridgehead atoms. The average molecular weight is 582 g/mol. The Hall–Kier alpha value is -4.43. The number of nitrogens with one attached hydrogen (secondary N) is 1. The minimum atomic E-state index is -2.98. The van der Waals surface area contributed by atoms with E-state index in [1.807, 2.05) is 6.07 Å². The van der Waals surface area contributed by atoms with Crippen LogP contribution in [0.3, 0.4) is 0 Å². The molecule has 3 amide bonds. The predicted octanol–water partition coefficient (Wildman–Crippen LogP) is 4.93. The normalized spacial score (nSPS) is 18.8. The monoisotopic (exact) mass is 581 g/mol. The molecular weight excluding hydrogens is 559 g/mol. The molecule has 2 aromatic carbocycles. The van der Waals surface area contributed by atoms with Gasteiger partial charge in [-0.15, -0.1) is 0 Å². The van der Waals surface area contributed by atoms with Crippen molar-refractivity contribution in [1.82, 2.24) is 10.3 Å². The molecule has 8 nitrogen and oxygen atoms in total. The van der Waals surface area contributed by atoms with Crippen LogP contribution in [0.5, 0.6) is 0 Å². The Morgan fingerprint density at radius 2 is 1.90 bits per heavy atom. The Morgan fingerprint density at radius 3 is 2.59 bits per heavy atom. The van der Waals surface area contributed by atoms with E-state index in [4.69, 9.17) is 11.6 Å². The number of rotatable bonds is 7. The van der Waals surface area contributed by atoms with Crippen LogP contribution in [0.25, 0.3) is 0 Å². The fourth-order valence-corrected chi connectivity index (χ4v) is 5.55. The molecule has 3 aromatic rings. The van der Waals surface area contributed by atoms with E-state index >= 15 is 0 Å². The maximum atomic E-state index is 14.2. The topological polar surface area (TPSA) is 106 Å². The molecule has 1 N–H and O–H groups in total. The summed E-state index contributed by atoms with van der Waals surface area (Å²) in [4.78, 5) is 46.5.